The van der Waals surface area contributed by atoms with Gasteiger partial charge in [0, 0.05) is 27.8 Å². The summed E-state index contributed by atoms with van der Waals surface area (Å²) in [5.41, 5.74) is 2.26. The van der Waals surface area contributed by atoms with Crippen LogP contribution in [0.5, 0.6) is 5.75 Å². The fraction of sp³-hybridized carbons (Fsp3) is 0.333. The van der Waals surface area contributed by atoms with Crippen molar-refractivity contribution < 1.29 is 14.3 Å². The highest BCUT2D eigenvalue weighted by atomic mass is 79.9. The van der Waals surface area contributed by atoms with E-state index >= 15 is 0 Å². The van der Waals surface area contributed by atoms with Crippen LogP contribution in [0.4, 0.5) is 11.4 Å². The van der Waals surface area contributed by atoms with Crippen molar-refractivity contribution in [3.63, 3.8) is 0 Å². The van der Waals surface area contributed by atoms with E-state index < -0.39 is 0 Å². The van der Waals surface area contributed by atoms with Crippen molar-refractivity contribution in [2.75, 3.05) is 17.2 Å². The maximum absolute atomic E-state index is 12.2. The Morgan fingerprint density at radius 2 is 1.52 bits per heavy atom. The fourth-order valence-electron chi connectivity index (χ4n) is 2.44. The van der Waals surface area contributed by atoms with E-state index in [4.69, 9.17) is 4.74 Å². The van der Waals surface area contributed by atoms with Gasteiger partial charge in [0.05, 0.1) is 0 Å². The Morgan fingerprint density at radius 1 is 0.963 bits per heavy atom. The fourth-order valence-corrected chi connectivity index (χ4v) is 2.80. The van der Waals surface area contributed by atoms with Crippen molar-refractivity contribution in [3.05, 3.63) is 52.5 Å². The third-order valence-electron chi connectivity index (χ3n) is 3.88. The molecule has 0 atom stereocenters. The van der Waals surface area contributed by atoms with Crippen molar-refractivity contribution in [1.82, 2.24) is 0 Å². The molecule has 0 saturated carbocycles. The summed E-state index contributed by atoms with van der Waals surface area (Å²) in [7, 11) is 0. The number of ether oxygens (including phenoxy) is 1. The maximum Gasteiger partial charge on any atom is 0.262 e. The largest absolute Gasteiger partial charge is 0.483 e. The van der Waals surface area contributed by atoms with Gasteiger partial charge in [0.15, 0.2) is 6.61 Å². The van der Waals surface area contributed by atoms with Crippen molar-refractivity contribution in [2.45, 2.75) is 39.5 Å². The van der Waals surface area contributed by atoms with E-state index in [0.717, 1.165) is 10.0 Å². The molecule has 2 amide bonds. The zero-order valence-corrected chi connectivity index (χ0v) is 17.6. The number of carbonyl (C=O) groups is 2. The van der Waals surface area contributed by atoms with Crippen LogP contribution in [0.3, 0.4) is 0 Å². The van der Waals surface area contributed by atoms with Crippen LogP contribution in [-0.2, 0) is 15.0 Å². The second kappa shape index (κ2) is 9.04. The smallest absolute Gasteiger partial charge is 0.262 e. The van der Waals surface area contributed by atoms with E-state index in [1.54, 1.807) is 31.2 Å². The number of benzene rings is 2. The molecule has 0 saturated heterocycles. The summed E-state index contributed by atoms with van der Waals surface area (Å²) < 4.78 is 6.73. The first-order chi connectivity index (χ1) is 12.7. The lowest BCUT2D eigenvalue weighted by molar-refractivity contribution is -0.118. The predicted molar refractivity (Wildman–Crippen MR) is 112 cm³/mol. The molecule has 27 heavy (non-hydrogen) atoms. The van der Waals surface area contributed by atoms with Gasteiger partial charge in [-0.25, -0.2) is 0 Å². The average Bonchev–Trinajstić information content (AvgIpc) is 2.61. The normalized spacial score (nSPS) is 11.0. The molecule has 0 spiro atoms. The SMILES string of the molecule is CCC(=O)Nc1ccc(NC(=O)COc2ccc(Br)cc2C(C)(C)C)cc1. The molecule has 0 bridgehead atoms. The van der Waals surface area contributed by atoms with Crippen LogP contribution >= 0.6 is 15.9 Å². The number of amides is 2. The zero-order valence-electron chi connectivity index (χ0n) is 16.1. The van der Waals surface area contributed by atoms with Crippen molar-refractivity contribution >= 4 is 39.1 Å². The molecule has 0 fully saturated rings. The van der Waals surface area contributed by atoms with Gasteiger partial charge in [0.25, 0.3) is 5.91 Å². The Kier molecular flexibility index (Phi) is 7.02. The molecular weight excluding hydrogens is 408 g/mol. The summed E-state index contributed by atoms with van der Waals surface area (Å²) in [4.78, 5) is 23.6. The molecule has 2 aromatic rings. The third-order valence-corrected chi connectivity index (χ3v) is 4.38. The van der Waals surface area contributed by atoms with Crippen LogP contribution in [-0.4, -0.2) is 18.4 Å². The Morgan fingerprint density at radius 3 is 2.04 bits per heavy atom. The van der Waals surface area contributed by atoms with Crippen molar-refractivity contribution in [2.24, 2.45) is 0 Å². The van der Waals surface area contributed by atoms with Crippen LogP contribution in [0.15, 0.2) is 46.9 Å². The lowest BCUT2D eigenvalue weighted by atomic mass is 9.86. The van der Waals surface area contributed by atoms with Gasteiger partial charge < -0.3 is 15.4 Å². The number of hydrogen-bond donors (Lipinski definition) is 2. The van der Waals surface area contributed by atoms with Gasteiger partial charge >= 0.3 is 0 Å². The first-order valence-corrected chi connectivity index (χ1v) is 9.61. The van der Waals surface area contributed by atoms with Gasteiger partial charge in [0.1, 0.15) is 5.75 Å². The molecule has 2 aromatic carbocycles. The molecule has 2 rings (SSSR count). The maximum atomic E-state index is 12.2. The summed E-state index contributed by atoms with van der Waals surface area (Å²) in [5, 5.41) is 5.55. The summed E-state index contributed by atoms with van der Waals surface area (Å²) in [5.74, 6) is 0.394. The van der Waals surface area contributed by atoms with E-state index in [1.165, 1.54) is 0 Å². The second-order valence-corrected chi connectivity index (χ2v) is 8.12. The van der Waals surface area contributed by atoms with Gasteiger partial charge in [-0.2, -0.15) is 0 Å². The van der Waals surface area contributed by atoms with Crippen LogP contribution in [0.25, 0.3) is 0 Å². The van der Waals surface area contributed by atoms with Gasteiger partial charge in [-0.05, 0) is 47.9 Å². The highest BCUT2D eigenvalue weighted by Crippen LogP contribution is 2.33. The number of rotatable bonds is 6. The quantitative estimate of drug-likeness (QED) is 0.665. The molecule has 0 aliphatic rings. The molecule has 6 heteroatoms. The summed E-state index contributed by atoms with van der Waals surface area (Å²) in [6.45, 7) is 8.00. The number of halogens is 1. The molecular formula is C21H25BrN2O3. The molecule has 0 radical (unpaired) electrons. The van der Waals surface area contributed by atoms with Crippen molar-refractivity contribution in [1.29, 1.82) is 0 Å². The highest BCUT2D eigenvalue weighted by Gasteiger charge is 2.20. The lowest BCUT2D eigenvalue weighted by Crippen LogP contribution is -2.22. The van der Waals surface area contributed by atoms with Crippen LogP contribution < -0.4 is 15.4 Å². The predicted octanol–water partition coefficient (Wildman–Crippen LogP) is 5.11. The van der Waals surface area contributed by atoms with Crippen molar-refractivity contribution in [3.8, 4) is 5.75 Å². The molecule has 0 aromatic heterocycles. The number of nitrogens with one attached hydrogen (secondary N) is 2. The van der Waals surface area contributed by atoms with E-state index in [0.29, 0.717) is 23.5 Å². The Labute approximate surface area is 168 Å². The summed E-state index contributed by atoms with van der Waals surface area (Å²) >= 11 is 3.48. The van der Waals surface area contributed by atoms with E-state index in [-0.39, 0.29) is 23.8 Å². The molecule has 5 nitrogen and oxygen atoms in total. The van der Waals surface area contributed by atoms with Gasteiger partial charge in [0.2, 0.25) is 5.91 Å². The molecule has 0 aliphatic carbocycles. The molecule has 0 unspecified atom stereocenters. The highest BCUT2D eigenvalue weighted by molar-refractivity contribution is 9.10. The first kappa shape index (κ1) is 21.0. The minimum Gasteiger partial charge on any atom is -0.483 e. The van der Waals surface area contributed by atoms with E-state index in [9.17, 15) is 9.59 Å². The number of hydrogen-bond acceptors (Lipinski definition) is 3. The van der Waals surface area contributed by atoms with Crippen LogP contribution in [0.1, 0.15) is 39.7 Å². The average molecular weight is 433 g/mol. The minimum absolute atomic E-state index is 0.0515. The Balaban J connectivity index is 1.96. The lowest BCUT2D eigenvalue weighted by Gasteiger charge is -2.23. The third kappa shape index (κ3) is 6.40. The topological polar surface area (TPSA) is 67.4 Å². The standard InChI is InChI=1S/C21H25BrN2O3/c1-5-19(25)23-15-7-9-16(10-8-15)24-20(26)13-27-18-11-6-14(22)12-17(18)21(2,3)4/h6-12H,5,13H2,1-4H3,(H,23,25)(H,24,26). The second-order valence-electron chi connectivity index (χ2n) is 7.21. The molecule has 2 N–H and O–H groups in total. The first-order valence-electron chi connectivity index (χ1n) is 8.81. The van der Waals surface area contributed by atoms with E-state index in [2.05, 4.69) is 47.3 Å². The number of carbonyl (C=O) groups excluding carboxylic acids is 2. The molecule has 0 aliphatic heterocycles. The monoisotopic (exact) mass is 432 g/mol. The minimum atomic E-state index is -0.247. The summed E-state index contributed by atoms with van der Waals surface area (Å²) in [6.07, 6.45) is 0.419. The molecule has 0 heterocycles. The van der Waals surface area contributed by atoms with Gasteiger partial charge in [-0.3, -0.25) is 9.59 Å². The molecule has 144 valence electrons. The van der Waals surface area contributed by atoms with Crippen LogP contribution in [0.2, 0.25) is 0 Å². The Bertz CT molecular complexity index is 811. The Hall–Kier alpha value is -2.34. The number of anilines is 2. The van der Waals surface area contributed by atoms with E-state index in [1.807, 2.05) is 18.2 Å². The zero-order chi connectivity index (χ0) is 20.0. The van der Waals surface area contributed by atoms with Gasteiger partial charge in [-0.15, -0.1) is 0 Å². The van der Waals surface area contributed by atoms with Gasteiger partial charge in [-0.1, -0.05) is 43.6 Å². The van der Waals surface area contributed by atoms with Crippen LogP contribution in [0, 0.1) is 0 Å². The summed E-state index contributed by atoms with van der Waals surface area (Å²) in [6, 6.07) is 12.7.